The zero-order chi connectivity index (χ0) is 17.2. The fourth-order valence-corrected chi connectivity index (χ4v) is 1.95. The van der Waals surface area contributed by atoms with Crippen molar-refractivity contribution in [3.63, 3.8) is 0 Å². The second kappa shape index (κ2) is 9.09. The first-order valence-corrected chi connectivity index (χ1v) is 7.45. The summed E-state index contributed by atoms with van der Waals surface area (Å²) in [4.78, 5) is 22.6. The van der Waals surface area contributed by atoms with Crippen LogP contribution in [0.4, 0.5) is 0 Å². The Kier molecular flexibility index (Phi) is 6.52. The Bertz CT molecular complexity index is 699. The molecule has 0 bridgehead atoms. The number of carboxylic acids is 1. The number of hydrazone groups is 1. The van der Waals surface area contributed by atoms with Crippen LogP contribution in [0.2, 0.25) is 0 Å². The molecule has 2 aromatic carbocycles. The summed E-state index contributed by atoms with van der Waals surface area (Å²) in [6, 6.07) is 18.1. The van der Waals surface area contributed by atoms with E-state index in [1.54, 1.807) is 12.1 Å². The molecule has 6 heteroatoms. The molecule has 24 heavy (non-hydrogen) atoms. The minimum atomic E-state index is -0.919. The summed E-state index contributed by atoms with van der Waals surface area (Å²) in [6.45, 7) is -0.172. The number of amides is 1. The summed E-state index contributed by atoms with van der Waals surface area (Å²) < 4.78 is 5.33. The first-order valence-electron chi connectivity index (χ1n) is 7.45. The number of benzene rings is 2. The van der Waals surface area contributed by atoms with Gasteiger partial charge in [-0.3, -0.25) is 9.59 Å². The zero-order valence-electron chi connectivity index (χ0n) is 13.0. The lowest BCUT2D eigenvalue weighted by molar-refractivity contribution is -0.136. The van der Waals surface area contributed by atoms with E-state index in [1.807, 2.05) is 48.5 Å². The predicted octanol–water partition coefficient (Wildman–Crippen LogP) is 2.45. The first-order chi connectivity index (χ1) is 11.6. The molecule has 0 saturated carbocycles. The second-order valence-electron chi connectivity index (χ2n) is 4.95. The summed E-state index contributed by atoms with van der Waals surface area (Å²) in [7, 11) is 0. The highest BCUT2D eigenvalue weighted by Crippen LogP contribution is 2.08. The van der Waals surface area contributed by atoms with E-state index in [-0.39, 0.29) is 19.4 Å². The lowest BCUT2D eigenvalue weighted by Gasteiger charge is -2.07. The molecule has 1 amide bonds. The molecule has 0 atom stereocenters. The Balaban J connectivity index is 1.95. The van der Waals surface area contributed by atoms with Crippen LogP contribution >= 0.6 is 0 Å². The van der Waals surface area contributed by atoms with Crippen molar-refractivity contribution < 1.29 is 19.4 Å². The molecule has 0 saturated heterocycles. The summed E-state index contributed by atoms with van der Waals surface area (Å²) in [5.41, 5.74) is 3.68. The van der Waals surface area contributed by atoms with Gasteiger partial charge in [0.05, 0.1) is 12.1 Å². The average molecular weight is 326 g/mol. The van der Waals surface area contributed by atoms with Crippen LogP contribution < -0.4 is 10.2 Å². The molecular weight excluding hydrogens is 308 g/mol. The van der Waals surface area contributed by atoms with Gasteiger partial charge in [-0.2, -0.15) is 5.10 Å². The van der Waals surface area contributed by atoms with Crippen molar-refractivity contribution in [1.82, 2.24) is 5.43 Å². The molecule has 0 aliphatic rings. The number of carbonyl (C=O) groups is 2. The minimum Gasteiger partial charge on any atom is -0.484 e. The van der Waals surface area contributed by atoms with E-state index in [9.17, 15) is 9.59 Å². The van der Waals surface area contributed by atoms with Crippen LogP contribution in [-0.2, 0) is 9.59 Å². The topological polar surface area (TPSA) is 88.0 Å². The molecule has 0 aliphatic carbocycles. The summed E-state index contributed by atoms with van der Waals surface area (Å²) in [5, 5.41) is 12.9. The number of carboxylic acid groups (broad SMARTS) is 1. The molecule has 0 spiro atoms. The van der Waals surface area contributed by atoms with E-state index in [0.29, 0.717) is 11.5 Å². The third-order valence-electron chi connectivity index (χ3n) is 3.11. The van der Waals surface area contributed by atoms with Crippen molar-refractivity contribution in [1.29, 1.82) is 0 Å². The summed E-state index contributed by atoms with van der Waals surface area (Å²) in [6.07, 6.45) is 0.156. The number of ether oxygens (including phenoxy) is 1. The molecular formula is C18H18N2O4. The van der Waals surface area contributed by atoms with Gasteiger partial charge >= 0.3 is 5.97 Å². The number of hydrogen-bond donors (Lipinski definition) is 2. The Morgan fingerprint density at radius 3 is 2.21 bits per heavy atom. The molecule has 6 nitrogen and oxygen atoms in total. The molecule has 2 rings (SSSR count). The van der Waals surface area contributed by atoms with Crippen LogP contribution in [0.1, 0.15) is 18.4 Å². The third-order valence-corrected chi connectivity index (χ3v) is 3.11. The van der Waals surface area contributed by atoms with Crippen molar-refractivity contribution >= 4 is 17.6 Å². The maximum atomic E-state index is 11.8. The molecule has 0 unspecified atom stereocenters. The zero-order valence-corrected chi connectivity index (χ0v) is 13.0. The highest BCUT2D eigenvalue weighted by Gasteiger charge is 2.08. The van der Waals surface area contributed by atoms with Crippen LogP contribution in [0.5, 0.6) is 5.75 Å². The minimum absolute atomic E-state index is 0.0654. The van der Waals surface area contributed by atoms with Crippen molar-refractivity contribution in [3.05, 3.63) is 66.2 Å². The van der Waals surface area contributed by atoms with E-state index in [4.69, 9.17) is 9.84 Å². The highest BCUT2D eigenvalue weighted by molar-refractivity contribution is 6.02. The van der Waals surface area contributed by atoms with Gasteiger partial charge in [0.1, 0.15) is 5.75 Å². The lowest BCUT2D eigenvalue weighted by Crippen LogP contribution is -2.26. The van der Waals surface area contributed by atoms with Gasteiger partial charge in [0.2, 0.25) is 0 Å². The van der Waals surface area contributed by atoms with Crippen LogP contribution in [0.15, 0.2) is 65.8 Å². The normalized spacial score (nSPS) is 10.9. The van der Waals surface area contributed by atoms with Crippen molar-refractivity contribution in [2.45, 2.75) is 12.8 Å². The highest BCUT2D eigenvalue weighted by atomic mass is 16.5. The average Bonchev–Trinajstić information content (AvgIpc) is 2.61. The van der Waals surface area contributed by atoms with Gasteiger partial charge in [0.15, 0.2) is 6.61 Å². The van der Waals surface area contributed by atoms with E-state index < -0.39 is 11.9 Å². The molecule has 124 valence electrons. The Morgan fingerprint density at radius 1 is 0.958 bits per heavy atom. The van der Waals surface area contributed by atoms with Crippen molar-refractivity contribution in [2.24, 2.45) is 5.10 Å². The van der Waals surface area contributed by atoms with Gasteiger partial charge in [-0.05, 0) is 17.7 Å². The number of hydrogen-bond acceptors (Lipinski definition) is 4. The van der Waals surface area contributed by atoms with Crippen LogP contribution in [0.3, 0.4) is 0 Å². The van der Waals surface area contributed by atoms with E-state index in [0.717, 1.165) is 5.56 Å². The molecule has 0 heterocycles. The smallest absolute Gasteiger partial charge is 0.303 e. The molecule has 0 fully saturated rings. The number of aliphatic carboxylic acids is 1. The fourth-order valence-electron chi connectivity index (χ4n) is 1.95. The maximum Gasteiger partial charge on any atom is 0.303 e. The SMILES string of the molecule is O=C(O)CCC(=NNC(=O)COc1ccccc1)c1ccccc1. The van der Waals surface area contributed by atoms with E-state index >= 15 is 0 Å². The van der Waals surface area contributed by atoms with Crippen molar-refractivity contribution in [2.75, 3.05) is 6.61 Å². The standard InChI is InChI=1S/C18H18N2O4/c21-17(13-24-15-9-5-2-6-10-15)20-19-16(11-12-18(22)23)14-7-3-1-4-8-14/h1-10H,11-13H2,(H,20,21)(H,22,23). The van der Waals surface area contributed by atoms with Crippen molar-refractivity contribution in [3.8, 4) is 5.75 Å². The second-order valence-corrected chi connectivity index (χ2v) is 4.95. The number of nitrogens with one attached hydrogen (secondary N) is 1. The van der Waals surface area contributed by atoms with Crippen LogP contribution in [0.25, 0.3) is 0 Å². The Hall–Kier alpha value is -3.15. The van der Waals surface area contributed by atoms with Gasteiger partial charge in [0, 0.05) is 6.42 Å². The van der Waals surface area contributed by atoms with Gasteiger partial charge in [0.25, 0.3) is 5.91 Å². The van der Waals surface area contributed by atoms with Gasteiger partial charge in [-0.1, -0.05) is 48.5 Å². The summed E-state index contributed by atoms with van der Waals surface area (Å²) >= 11 is 0. The van der Waals surface area contributed by atoms with Gasteiger partial charge in [-0.15, -0.1) is 0 Å². The number of rotatable bonds is 8. The van der Waals surface area contributed by atoms with Crippen LogP contribution in [0, 0.1) is 0 Å². The van der Waals surface area contributed by atoms with Gasteiger partial charge in [-0.25, -0.2) is 5.43 Å². The Morgan fingerprint density at radius 2 is 1.58 bits per heavy atom. The monoisotopic (exact) mass is 326 g/mol. The summed E-state index contributed by atoms with van der Waals surface area (Å²) in [5.74, 6) is -0.745. The van der Waals surface area contributed by atoms with E-state index in [2.05, 4.69) is 10.5 Å². The fraction of sp³-hybridized carbons (Fsp3) is 0.167. The Labute approximate surface area is 139 Å². The van der Waals surface area contributed by atoms with Gasteiger partial charge < -0.3 is 9.84 Å². The van der Waals surface area contributed by atoms with E-state index in [1.165, 1.54) is 0 Å². The lowest BCUT2D eigenvalue weighted by atomic mass is 10.1. The maximum absolute atomic E-state index is 11.8. The van der Waals surface area contributed by atoms with Crippen LogP contribution in [-0.4, -0.2) is 29.3 Å². The third kappa shape index (κ3) is 5.92. The first kappa shape index (κ1) is 17.2. The molecule has 2 aromatic rings. The number of carbonyl (C=O) groups excluding carboxylic acids is 1. The molecule has 0 aliphatic heterocycles. The molecule has 0 aromatic heterocycles. The quantitative estimate of drug-likeness (QED) is 0.576. The predicted molar refractivity (Wildman–Crippen MR) is 89.9 cm³/mol. The number of nitrogens with zero attached hydrogens (tertiary/aromatic N) is 1. The largest absolute Gasteiger partial charge is 0.484 e. The molecule has 0 radical (unpaired) electrons. The number of para-hydroxylation sites is 1. The molecule has 2 N–H and O–H groups in total.